The van der Waals surface area contributed by atoms with E-state index in [-0.39, 0.29) is 4.88 Å². The van der Waals surface area contributed by atoms with Gasteiger partial charge in [-0.2, -0.15) is 0 Å². The van der Waals surface area contributed by atoms with Crippen molar-refractivity contribution in [1.29, 1.82) is 0 Å². The Bertz CT molecular complexity index is 401. The maximum absolute atomic E-state index is 10.7. The van der Waals surface area contributed by atoms with Crippen molar-refractivity contribution in [3.8, 4) is 11.8 Å². The number of nitrogens with zero attached hydrogens (tertiary/aromatic N) is 1. The highest BCUT2D eigenvalue weighted by atomic mass is 32.1. The Kier molecular flexibility index (Phi) is 3.63. The number of nitrogens with one attached hydrogen (secondary N) is 1. The Labute approximate surface area is 86.0 Å². The second-order valence-electron chi connectivity index (χ2n) is 2.57. The molecule has 2 N–H and O–H groups in total. The second kappa shape index (κ2) is 4.74. The molecule has 14 heavy (non-hydrogen) atoms. The van der Waals surface area contributed by atoms with Gasteiger partial charge in [-0.25, -0.2) is 9.78 Å². The van der Waals surface area contributed by atoms with Crippen molar-refractivity contribution in [1.82, 2.24) is 10.3 Å². The molecule has 0 aliphatic rings. The standard InChI is InChI=1S/C9H10N2O2S/c1-6-8(9(12)13)14-7(11-6)4-3-5-10-2/h10H,5H2,1-2H3,(H,12,13). The average Bonchev–Trinajstić information content (AvgIpc) is 2.47. The van der Waals surface area contributed by atoms with E-state index in [2.05, 4.69) is 22.1 Å². The molecule has 0 atom stereocenters. The lowest BCUT2D eigenvalue weighted by Gasteiger charge is -1.84. The van der Waals surface area contributed by atoms with Gasteiger partial charge in [-0.3, -0.25) is 0 Å². The number of carboxylic acid groups (broad SMARTS) is 1. The van der Waals surface area contributed by atoms with E-state index in [1.54, 1.807) is 14.0 Å². The maximum Gasteiger partial charge on any atom is 0.347 e. The van der Waals surface area contributed by atoms with Gasteiger partial charge in [-0.05, 0) is 19.9 Å². The van der Waals surface area contributed by atoms with Gasteiger partial charge >= 0.3 is 5.97 Å². The minimum atomic E-state index is -0.943. The average molecular weight is 210 g/mol. The minimum absolute atomic E-state index is 0.263. The third-order valence-electron chi connectivity index (χ3n) is 1.45. The molecule has 0 bridgehead atoms. The van der Waals surface area contributed by atoms with E-state index in [1.165, 1.54) is 0 Å². The van der Waals surface area contributed by atoms with Crippen molar-refractivity contribution < 1.29 is 9.90 Å². The third-order valence-corrected chi connectivity index (χ3v) is 2.51. The molecule has 0 radical (unpaired) electrons. The summed E-state index contributed by atoms with van der Waals surface area (Å²) in [6.45, 7) is 2.24. The first-order valence-corrected chi connectivity index (χ1v) is 4.81. The van der Waals surface area contributed by atoms with Crippen LogP contribution in [0.3, 0.4) is 0 Å². The molecule has 0 unspecified atom stereocenters. The summed E-state index contributed by atoms with van der Waals surface area (Å²) < 4.78 is 0. The van der Waals surface area contributed by atoms with E-state index >= 15 is 0 Å². The molecular weight excluding hydrogens is 200 g/mol. The fourth-order valence-corrected chi connectivity index (χ4v) is 1.64. The van der Waals surface area contributed by atoms with Gasteiger partial charge in [0.1, 0.15) is 4.88 Å². The first-order chi connectivity index (χ1) is 6.65. The van der Waals surface area contributed by atoms with Gasteiger partial charge in [0.05, 0.1) is 12.2 Å². The predicted molar refractivity (Wildman–Crippen MR) is 54.6 cm³/mol. The van der Waals surface area contributed by atoms with Crippen LogP contribution in [0.4, 0.5) is 0 Å². The van der Waals surface area contributed by atoms with Gasteiger partial charge in [-0.15, -0.1) is 0 Å². The molecule has 1 heterocycles. The molecule has 5 heteroatoms. The monoisotopic (exact) mass is 210 g/mol. The first kappa shape index (κ1) is 10.7. The zero-order chi connectivity index (χ0) is 10.6. The van der Waals surface area contributed by atoms with Crippen molar-refractivity contribution in [2.45, 2.75) is 6.92 Å². The number of carboxylic acids is 1. The number of rotatable bonds is 2. The minimum Gasteiger partial charge on any atom is -0.477 e. The molecule has 0 amide bonds. The molecule has 1 rings (SSSR count). The van der Waals surface area contributed by atoms with Crippen LogP contribution in [-0.4, -0.2) is 29.7 Å². The van der Waals surface area contributed by atoms with Crippen LogP contribution in [-0.2, 0) is 0 Å². The Morgan fingerprint density at radius 2 is 2.43 bits per heavy atom. The Morgan fingerprint density at radius 3 is 2.93 bits per heavy atom. The van der Waals surface area contributed by atoms with Crippen molar-refractivity contribution in [2.24, 2.45) is 0 Å². The number of carbonyl (C=O) groups is 1. The van der Waals surface area contributed by atoms with Gasteiger partial charge in [0, 0.05) is 0 Å². The summed E-state index contributed by atoms with van der Waals surface area (Å²) in [5.41, 5.74) is 0.524. The van der Waals surface area contributed by atoms with E-state index < -0.39 is 5.97 Å². The molecule has 0 saturated carbocycles. The number of thiazole rings is 1. The summed E-state index contributed by atoms with van der Waals surface area (Å²) in [7, 11) is 1.80. The molecule has 0 spiro atoms. The Balaban J connectivity index is 2.88. The Hall–Kier alpha value is -1.38. The molecular formula is C9H10N2O2S. The van der Waals surface area contributed by atoms with Crippen molar-refractivity contribution in [3.05, 3.63) is 15.6 Å². The van der Waals surface area contributed by atoms with Gasteiger partial charge in [0.25, 0.3) is 0 Å². The fraction of sp³-hybridized carbons (Fsp3) is 0.333. The maximum atomic E-state index is 10.7. The molecule has 0 aromatic carbocycles. The van der Waals surface area contributed by atoms with Crippen LogP contribution in [0.1, 0.15) is 20.4 Å². The lowest BCUT2D eigenvalue weighted by Crippen LogP contribution is -2.04. The zero-order valence-corrected chi connectivity index (χ0v) is 8.73. The lowest BCUT2D eigenvalue weighted by molar-refractivity contribution is 0.0701. The number of aromatic carboxylic acids is 1. The molecule has 1 aromatic rings. The molecule has 1 aromatic heterocycles. The highest BCUT2D eigenvalue weighted by molar-refractivity contribution is 7.14. The molecule has 4 nitrogen and oxygen atoms in total. The summed E-state index contributed by atoms with van der Waals surface area (Å²) in [6.07, 6.45) is 0. The smallest absolute Gasteiger partial charge is 0.347 e. The highest BCUT2D eigenvalue weighted by Gasteiger charge is 2.12. The van der Waals surface area contributed by atoms with Crippen LogP contribution in [0, 0.1) is 18.8 Å². The molecule has 74 valence electrons. The summed E-state index contributed by atoms with van der Waals surface area (Å²) in [5.74, 6) is 4.68. The number of hydrogen-bond acceptors (Lipinski definition) is 4. The zero-order valence-electron chi connectivity index (χ0n) is 7.92. The highest BCUT2D eigenvalue weighted by Crippen LogP contribution is 2.16. The van der Waals surface area contributed by atoms with Crippen LogP contribution in [0.15, 0.2) is 0 Å². The topological polar surface area (TPSA) is 62.2 Å². The summed E-state index contributed by atoms with van der Waals surface area (Å²) in [6, 6.07) is 0. The van der Waals surface area contributed by atoms with Crippen molar-refractivity contribution >= 4 is 17.3 Å². The summed E-state index contributed by atoms with van der Waals surface area (Å²) >= 11 is 1.11. The van der Waals surface area contributed by atoms with Gasteiger partial charge in [-0.1, -0.05) is 17.3 Å². The molecule has 0 fully saturated rings. The SMILES string of the molecule is CNCC#Cc1nc(C)c(C(=O)O)s1. The third kappa shape index (κ3) is 2.55. The fourth-order valence-electron chi connectivity index (χ4n) is 0.857. The predicted octanol–water partition coefficient (Wildman–Crippen LogP) is 0.721. The summed E-state index contributed by atoms with van der Waals surface area (Å²) in [5, 5.41) is 12.2. The van der Waals surface area contributed by atoms with Crippen LogP contribution >= 0.6 is 11.3 Å². The largest absolute Gasteiger partial charge is 0.477 e. The van der Waals surface area contributed by atoms with Crippen molar-refractivity contribution in [2.75, 3.05) is 13.6 Å². The molecule has 0 aliphatic heterocycles. The lowest BCUT2D eigenvalue weighted by atomic mass is 10.4. The quantitative estimate of drug-likeness (QED) is 0.706. The number of hydrogen-bond donors (Lipinski definition) is 2. The van der Waals surface area contributed by atoms with Gasteiger partial charge in [0.2, 0.25) is 0 Å². The van der Waals surface area contributed by atoms with E-state index in [0.717, 1.165) is 11.3 Å². The number of aryl methyl sites for hydroxylation is 1. The summed E-state index contributed by atoms with van der Waals surface area (Å²) in [4.78, 5) is 15.0. The molecule has 0 aliphatic carbocycles. The van der Waals surface area contributed by atoms with Crippen LogP contribution in [0.25, 0.3) is 0 Å². The van der Waals surface area contributed by atoms with Crippen LogP contribution < -0.4 is 5.32 Å². The van der Waals surface area contributed by atoms with E-state index in [1.807, 2.05) is 0 Å². The van der Waals surface area contributed by atoms with Gasteiger partial charge in [0.15, 0.2) is 5.01 Å². The van der Waals surface area contributed by atoms with Gasteiger partial charge < -0.3 is 10.4 Å². The molecule has 0 saturated heterocycles. The second-order valence-corrected chi connectivity index (χ2v) is 3.57. The normalized spacial score (nSPS) is 9.29. The van der Waals surface area contributed by atoms with Crippen LogP contribution in [0.5, 0.6) is 0 Å². The Morgan fingerprint density at radius 1 is 1.71 bits per heavy atom. The van der Waals surface area contributed by atoms with E-state index in [9.17, 15) is 4.79 Å². The number of aromatic nitrogens is 1. The van der Waals surface area contributed by atoms with E-state index in [0.29, 0.717) is 17.2 Å². The first-order valence-electron chi connectivity index (χ1n) is 3.99. The van der Waals surface area contributed by atoms with E-state index in [4.69, 9.17) is 5.11 Å². The van der Waals surface area contributed by atoms with Crippen LogP contribution in [0.2, 0.25) is 0 Å². The van der Waals surface area contributed by atoms with Crippen molar-refractivity contribution in [3.63, 3.8) is 0 Å².